The van der Waals surface area contributed by atoms with E-state index in [9.17, 15) is 0 Å². The summed E-state index contributed by atoms with van der Waals surface area (Å²) in [6, 6.07) is 31.0. The minimum absolute atomic E-state index is 0.285. The molecular formula is C24H20IN6-. The Kier molecular flexibility index (Phi) is 6.63. The van der Waals surface area contributed by atoms with E-state index in [-0.39, 0.29) is 21.2 Å². The van der Waals surface area contributed by atoms with Crippen LogP contribution in [-0.4, -0.2) is 0 Å². The molecule has 0 atom stereocenters. The van der Waals surface area contributed by atoms with Gasteiger partial charge in [0, 0.05) is 0 Å². The molecule has 0 aliphatic heterocycles. The third-order valence-corrected chi connectivity index (χ3v) is 6.90. The first-order valence-corrected chi connectivity index (χ1v) is 11.7. The molecule has 0 spiro atoms. The van der Waals surface area contributed by atoms with Crippen LogP contribution in [0.2, 0.25) is 0 Å². The van der Waals surface area contributed by atoms with E-state index in [2.05, 4.69) is 44.7 Å². The van der Waals surface area contributed by atoms with E-state index in [1.54, 1.807) is 0 Å². The van der Waals surface area contributed by atoms with Crippen molar-refractivity contribution in [2.75, 3.05) is 11.5 Å². The maximum absolute atomic E-state index is 5.68. The van der Waals surface area contributed by atoms with E-state index in [4.69, 9.17) is 11.5 Å². The van der Waals surface area contributed by atoms with Gasteiger partial charge in [-0.25, -0.2) is 0 Å². The molecular weight excluding hydrogens is 499 g/mol. The second-order valence-corrected chi connectivity index (χ2v) is 9.66. The zero-order valence-electron chi connectivity index (χ0n) is 16.6. The molecule has 0 radical (unpaired) electrons. The van der Waals surface area contributed by atoms with E-state index >= 15 is 0 Å². The molecule has 0 saturated carbocycles. The molecule has 6 nitrogen and oxygen atoms in total. The molecule has 0 amide bonds. The number of rotatable bonds is 6. The predicted octanol–water partition coefficient (Wildman–Crippen LogP) is 3.81. The summed E-state index contributed by atoms with van der Waals surface area (Å²) in [4.78, 5) is 0. The van der Waals surface area contributed by atoms with Gasteiger partial charge < -0.3 is 0 Å². The molecule has 0 bridgehead atoms. The number of benzene rings is 4. The Morgan fingerprint density at radius 1 is 0.387 bits per heavy atom. The van der Waals surface area contributed by atoms with Crippen molar-refractivity contribution in [3.8, 4) is 0 Å². The summed E-state index contributed by atoms with van der Waals surface area (Å²) in [5.41, 5.74) is 16.0. The summed E-state index contributed by atoms with van der Waals surface area (Å²) in [7, 11) is 0. The first kappa shape index (κ1) is 20.7. The van der Waals surface area contributed by atoms with Gasteiger partial charge in [-0.15, -0.1) is 0 Å². The van der Waals surface area contributed by atoms with Crippen LogP contribution in [0.15, 0.2) is 118 Å². The molecule has 0 fully saturated rings. The summed E-state index contributed by atoms with van der Waals surface area (Å²) < 4.78 is 2.61. The van der Waals surface area contributed by atoms with Crippen LogP contribution in [0, 0.1) is 7.14 Å². The van der Waals surface area contributed by atoms with Gasteiger partial charge in [-0.2, -0.15) is 0 Å². The van der Waals surface area contributed by atoms with Crippen LogP contribution >= 0.6 is 0 Å². The van der Waals surface area contributed by atoms with Crippen molar-refractivity contribution >= 4 is 34.1 Å². The van der Waals surface area contributed by atoms with E-state index in [0.29, 0.717) is 11.4 Å². The van der Waals surface area contributed by atoms with Gasteiger partial charge in [0.1, 0.15) is 0 Å². The molecule has 7 heteroatoms. The fourth-order valence-corrected chi connectivity index (χ4v) is 4.74. The number of nitrogens with zero attached hydrogens (tertiary/aromatic N) is 4. The number of anilines is 2. The Morgan fingerprint density at radius 3 is 0.935 bits per heavy atom. The average Bonchev–Trinajstić information content (AvgIpc) is 2.80. The van der Waals surface area contributed by atoms with Crippen molar-refractivity contribution in [1.29, 1.82) is 0 Å². The van der Waals surface area contributed by atoms with Gasteiger partial charge in [0.2, 0.25) is 0 Å². The molecule has 31 heavy (non-hydrogen) atoms. The number of nitrogen functional groups attached to an aromatic ring is 2. The van der Waals surface area contributed by atoms with Crippen molar-refractivity contribution in [3.63, 3.8) is 0 Å². The van der Waals surface area contributed by atoms with Gasteiger partial charge >= 0.3 is 191 Å². The summed E-state index contributed by atoms with van der Waals surface area (Å²) in [5.74, 6) is 0. The quantitative estimate of drug-likeness (QED) is 0.230. The number of hydrogen-bond acceptors (Lipinski definition) is 6. The Bertz CT molecular complexity index is 1090. The van der Waals surface area contributed by atoms with Crippen molar-refractivity contribution < 1.29 is 21.2 Å². The van der Waals surface area contributed by atoms with Crippen molar-refractivity contribution in [2.24, 2.45) is 20.5 Å². The molecule has 4 aromatic rings. The van der Waals surface area contributed by atoms with Crippen LogP contribution in [0.3, 0.4) is 0 Å². The Morgan fingerprint density at radius 2 is 0.645 bits per heavy atom. The molecule has 0 aliphatic rings. The fourth-order valence-electron chi connectivity index (χ4n) is 2.58. The van der Waals surface area contributed by atoms with E-state index in [1.165, 1.54) is 7.14 Å². The number of azo groups is 2. The normalized spacial score (nSPS) is 11.5. The first-order chi connectivity index (χ1) is 15.1. The molecule has 0 saturated heterocycles. The fraction of sp³-hybridized carbons (Fsp3) is 0. The van der Waals surface area contributed by atoms with Gasteiger partial charge in [-0.3, -0.25) is 0 Å². The molecule has 0 heterocycles. The molecule has 154 valence electrons. The molecule has 0 aliphatic carbocycles. The van der Waals surface area contributed by atoms with Gasteiger partial charge in [0.05, 0.1) is 0 Å². The second-order valence-electron chi connectivity index (χ2n) is 6.63. The van der Waals surface area contributed by atoms with Gasteiger partial charge in [0.25, 0.3) is 0 Å². The third kappa shape index (κ3) is 6.19. The molecule has 0 unspecified atom stereocenters. The van der Waals surface area contributed by atoms with Gasteiger partial charge in [-0.1, -0.05) is 0 Å². The molecule has 4 aromatic carbocycles. The summed E-state index contributed by atoms with van der Waals surface area (Å²) in [6.45, 7) is 0. The first-order valence-electron chi connectivity index (χ1n) is 9.54. The standard InChI is InChI=1S/C24H20IN6/c26-19-5-13-23(14-6-19)30-28-21-9-1-17(2-10-21)25-18-3-11-22(12-4-18)29-31-24-15-7-20(27)8-16-24/h1-16H,26-27H2/q-1. The van der Waals surface area contributed by atoms with Crippen LogP contribution in [0.4, 0.5) is 34.1 Å². The second kappa shape index (κ2) is 9.94. The zero-order valence-corrected chi connectivity index (χ0v) is 18.7. The van der Waals surface area contributed by atoms with Crippen LogP contribution in [0.25, 0.3) is 0 Å². The minimum atomic E-state index is -0.285. The van der Waals surface area contributed by atoms with Crippen molar-refractivity contribution in [2.45, 2.75) is 0 Å². The topological polar surface area (TPSA) is 101 Å². The molecule has 4 rings (SSSR count). The summed E-state index contributed by atoms with van der Waals surface area (Å²) >= 11 is -0.285. The Balaban J connectivity index is 1.35. The summed E-state index contributed by atoms with van der Waals surface area (Å²) in [5, 5.41) is 17.0. The van der Waals surface area contributed by atoms with Crippen LogP contribution in [0.5, 0.6) is 0 Å². The monoisotopic (exact) mass is 519 g/mol. The van der Waals surface area contributed by atoms with E-state index in [0.717, 1.165) is 22.7 Å². The van der Waals surface area contributed by atoms with E-state index in [1.807, 2.05) is 72.8 Å². The SMILES string of the molecule is Nc1ccc(N=Nc2ccc([I-]c3ccc(N=Nc4ccc(N)cc4)cc3)cc2)cc1. The van der Waals surface area contributed by atoms with Crippen molar-refractivity contribution in [1.82, 2.24) is 0 Å². The summed E-state index contributed by atoms with van der Waals surface area (Å²) in [6.07, 6.45) is 0. The van der Waals surface area contributed by atoms with Crippen molar-refractivity contribution in [3.05, 3.63) is 104 Å². The van der Waals surface area contributed by atoms with Gasteiger partial charge in [0.15, 0.2) is 0 Å². The van der Waals surface area contributed by atoms with E-state index < -0.39 is 0 Å². The van der Waals surface area contributed by atoms with Crippen LogP contribution < -0.4 is 32.7 Å². The van der Waals surface area contributed by atoms with Crippen LogP contribution in [-0.2, 0) is 0 Å². The number of halogens is 1. The Hall–Kier alpha value is -3.59. The maximum atomic E-state index is 5.68. The average molecular weight is 519 g/mol. The van der Waals surface area contributed by atoms with Crippen LogP contribution in [0.1, 0.15) is 0 Å². The molecule has 4 N–H and O–H groups in total. The van der Waals surface area contributed by atoms with Gasteiger partial charge in [-0.05, 0) is 0 Å². The molecule has 0 aromatic heterocycles. The number of hydrogen-bond donors (Lipinski definition) is 2. The number of nitrogens with two attached hydrogens (primary N) is 2. The Labute approximate surface area is 191 Å². The zero-order chi connectivity index (χ0) is 21.5. The third-order valence-electron chi connectivity index (χ3n) is 4.22. The predicted molar refractivity (Wildman–Crippen MR) is 120 cm³/mol.